The van der Waals surface area contributed by atoms with Gasteiger partial charge in [-0.3, -0.25) is 62.5 Å². The summed E-state index contributed by atoms with van der Waals surface area (Å²) >= 11 is 0. The van der Waals surface area contributed by atoms with Crippen LogP contribution in [0.5, 0.6) is 0 Å². The Morgan fingerprint density at radius 1 is 0.514 bits per heavy atom. The van der Waals surface area contributed by atoms with Gasteiger partial charge in [-0.25, -0.2) is 4.79 Å². The second-order valence-corrected chi connectivity index (χ2v) is 16.4. The Kier molecular flexibility index (Phi) is 28.5. The summed E-state index contributed by atoms with van der Waals surface area (Å²) in [6.45, 7) is -0.888. The van der Waals surface area contributed by atoms with E-state index >= 15 is 0 Å². The van der Waals surface area contributed by atoms with Gasteiger partial charge in [0.05, 0.1) is 19.2 Å². The van der Waals surface area contributed by atoms with E-state index in [1.165, 1.54) is 12.1 Å². The van der Waals surface area contributed by atoms with Crippen molar-refractivity contribution < 1.29 is 93.0 Å². The van der Waals surface area contributed by atoms with Crippen LogP contribution in [0.3, 0.4) is 0 Å². The van der Waals surface area contributed by atoms with Crippen LogP contribution in [0.2, 0.25) is 0 Å². The molecule has 0 saturated heterocycles. The maximum absolute atomic E-state index is 13.9. The van der Waals surface area contributed by atoms with Gasteiger partial charge in [-0.1, -0.05) is 30.3 Å². The number of aliphatic hydroxyl groups is 1. The van der Waals surface area contributed by atoms with Crippen molar-refractivity contribution in [3.63, 3.8) is 0 Å². The van der Waals surface area contributed by atoms with Crippen LogP contribution in [-0.4, -0.2) is 182 Å². The number of rotatable bonds is 36. The lowest BCUT2D eigenvalue weighted by Gasteiger charge is -2.26. The Morgan fingerprint density at radius 2 is 0.946 bits per heavy atom. The van der Waals surface area contributed by atoms with Crippen molar-refractivity contribution in [2.24, 2.45) is 22.2 Å². The maximum atomic E-state index is 13.9. The van der Waals surface area contributed by atoms with Crippen LogP contribution in [-0.2, 0) is 68.7 Å². The third-order valence-corrected chi connectivity index (χ3v) is 10.3. The summed E-state index contributed by atoms with van der Waals surface area (Å²) in [5, 5.41) is 74.3. The Balaban J connectivity index is 3.29. The van der Waals surface area contributed by atoms with Crippen molar-refractivity contribution >= 4 is 83.1 Å². The van der Waals surface area contributed by atoms with Crippen LogP contribution < -0.4 is 59.7 Å². The van der Waals surface area contributed by atoms with E-state index in [9.17, 15) is 82.8 Å². The van der Waals surface area contributed by atoms with Crippen LogP contribution >= 0.6 is 0 Å². The molecule has 0 bridgehead atoms. The molecule has 20 N–H and O–H groups in total. The number of nitrogens with one attached hydrogen (secondary N) is 8. The van der Waals surface area contributed by atoms with E-state index in [1.807, 2.05) is 0 Å². The minimum atomic E-state index is -1.91. The van der Waals surface area contributed by atoms with Gasteiger partial charge in [0.15, 0.2) is 5.96 Å². The Hall–Kier alpha value is -8.48. The number of nitrogens with two attached hydrogens (primary N) is 3. The lowest BCUT2D eigenvalue weighted by molar-refractivity contribution is -0.142. The monoisotopic (exact) mass is 1050 g/mol. The first kappa shape index (κ1) is 63.5. The summed E-state index contributed by atoms with van der Waals surface area (Å²) in [4.78, 5) is 167. The fourth-order valence-electron chi connectivity index (χ4n) is 6.34. The maximum Gasteiger partial charge on any atom is 0.326 e. The van der Waals surface area contributed by atoms with E-state index in [1.54, 1.807) is 18.2 Å². The van der Waals surface area contributed by atoms with E-state index < -0.39 is 184 Å². The minimum Gasteiger partial charge on any atom is -0.481 e. The van der Waals surface area contributed by atoms with E-state index in [0.717, 1.165) is 6.92 Å². The van der Waals surface area contributed by atoms with E-state index in [4.69, 9.17) is 27.4 Å². The lowest BCUT2D eigenvalue weighted by Crippen LogP contribution is -2.60. The highest BCUT2D eigenvalue weighted by atomic mass is 16.4. The first-order valence-electron chi connectivity index (χ1n) is 22.7. The highest BCUT2D eigenvalue weighted by Gasteiger charge is 2.34. The molecule has 0 aliphatic heterocycles. The Bertz CT molecular complexity index is 2190. The molecular formula is C43H64N12O19. The Morgan fingerprint density at radius 3 is 1.46 bits per heavy atom. The molecule has 0 heterocycles. The molecule has 0 saturated carbocycles. The van der Waals surface area contributed by atoms with Crippen LogP contribution in [0.1, 0.15) is 76.7 Å². The van der Waals surface area contributed by atoms with E-state index in [-0.39, 0.29) is 38.2 Å². The summed E-state index contributed by atoms with van der Waals surface area (Å²) < 4.78 is 0. The largest absolute Gasteiger partial charge is 0.481 e. The summed E-state index contributed by atoms with van der Waals surface area (Å²) in [6, 6.07) is -5.12. The smallest absolute Gasteiger partial charge is 0.326 e. The molecule has 1 rings (SSSR count). The van der Waals surface area contributed by atoms with Crippen LogP contribution in [0.25, 0.3) is 0 Å². The number of carboxylic acids is 5. The van der Waals surface area contributed by atoms with Gasteiger partial charge in [-0.15, -0.1) is 0 Å². The number of carbonyl (C=O) groups is 13. The molecule has 0 fully saturated rings. The zero-order valence-corrected chi connectivity index (χ0v) is 40.1. The topological polar surface area (TPSA) is 530 Å². The van der Waals surface area contributed by atoms with Crippen molar-refractivity contribution in [2.75, 3.05) is 19.7 Å². The molecule has 31 heteroatoms. The molecule has 410 valence electrons. The van der Waals surface area contributed by atoms with Crippen molar-refractivity contribution in [1.82, 2.24) is 42.5 Å². The molecule has 8 amide bonds. The fourth-order valence-corrected chi connectivity index (χ4v) is 6.34. The number of carbonyl (C=O) groups excluding carboxylic acids is 8. The van der Waals surface area contributed by atoms with Gasteiger partial charge in [-0.2, -0.15) is 0 Å². The fraction of sp³-hybridized carbons (Fsp3) is 0.535. The molecule has 1 aromatic carbocycles. The molecule has 74 heavy (non-hydrogen) atoms. The van der Waals surface area contributed by atoms with Crippen LogP contribution in [0.4, 0.5) is 0 Å². The van der Waals surface area contributed by atoms with E-state index in [0.29, 0.717) is 5.56 Å². The number of guanidine groups is 1. The number of nitrogens with zero attached hydrogens (tertiary/aromatic N) is 1. The third kappa shape index (κ3) is 26.1. The Labute approximate surface area is 421 Å². The lowest BCUT2D eigenvalue weighted by atomic mass is 10.0. The van der Waals surface area contributed by atoms with Crippen molar-refractivity contribution in [2.45, 2.75) is 126 Å². The molecule has 0 aliphatic carbocycles. The number of aliphatic imine (C=N–C) groups is 1. The normalized spacial score (nSPS) is 13.9. The van der Waals surface area contributed by atoms with Gasteiger partial charge < -0.3 is 90.4 Å². The average Bonchev–Trinajstić information content (AvgIpc) is 3.33. The van der Waals surface area contributed by atoms with Crippen molar-refractivity contribution in [3.8, 4) is 0 Å². The molecule has 1 aromatic rings. The predicted octanol–water partition coefficient (Wildman–Crippen LogP) is -6.32. The second-order valence-electron chi connectivity index (χ2n) is 16.4. The minimum absolute atomic E-state index is 0.0446. The molecular weight excluding hydrogens is 989 g/mol. The van der Waals surface area contributed by atoms with Gasteiger partial charge in [-0.05, 0) is 51.0 Å². The number of carboxylic acid groups (broad SMARTS) is 5. The third-order valence-electron chi connectivity index (χ3n) is 10.3. The summed E-state index contributed by atoms with van der Waals surface area (Å²) in [7, 11) is 0. The van der Waals surface area contributed by atoms with Gasteiger partial charge in [0.2, 0.25) is 47.3 Å². The van der Waals surface area contributed by atoms with Crippen molar-refractivity contribution in [1.29, 1.82) is 0 Å². The predicted molar refractivity (Wildman–Crippen MR) is 252 cm³/mol. The van der Waals surface area contributed by atoms with E-state index in [2.05, 4.69) is 47.5 Å². The molecule has 0 aromatic heterocycles. The first-order chi connectivity index (χ1) is 34.7. The zero-order valence-electron chi connectivity index (χ0n) is 40.1. The van der Waals surface area contributed by atoms with Gasteiger partial charge >= 0.3 is 29.8 Å². The molecule has 0 spiro atoms. The van der Waals surface area contributed by atoms with Gasteiger partial charge in [0.25, 0.3) is 0 Å². The summed E-state index contributed by atoms with van der Waals surface area (Å²) in [6.07, 6.45) is -4.96. The molecule has 8 atom stereocenters. The average molecular weight is 1050 g/mol. The standard InChI is InChI=1S/C43H64N12O19/c1-21(35(66)53-27(42(73)74)8-5-17-47-43(45)46)49-38(69)26(12-16-34(64)65)52-41(72)29(20-56)55-40(71)28(18-22-6-3-2-4-7-22)54-39(70)25(11-15-33(62)63)50-30(57)19-48-37(68)24(10-14-32(60)61)51-36(67)23(44)9-13-31(58)59/h2-4,6-7,21,23-29,56H,5,8-20,44H2,1H3,(H,48,68)(H,49,69)(H,50,57)(H,51,67)(H,52,72)(H,53,66)(H,54,70)(H,55,71)(H,58,59)(H,60,61)(H,62,63)(H,64,65)(H,73,74)(H4,45,46,47). The number of hydrogen-bond donors (Lipinski definition) is 17. The second kappa shape index (κ2) is 33.2. The highest BCUT2D eigenvalue weighted by molar-refractivity contribution is 5.98. The number of aliphatic carboxylic acids is 5. The summed E-state index contributed by atoms with van der Waals surface area (Å²) in [5.74, 6) is -16.1. The number of hydrogen-bond acceptors (Lipinski definition) is 16. The SMILES string of the molecule is CC(NC(=O)C(CCC(=O)O)NC(=O)C(CO)NC(=O)C(Cc1ccccc1)NC(=O)C(CCC(=O)O)NC(=O)CNC(=O)C(CCC(=O)O)NC(=O)C(N)CCC(=O)O)C(=O)NC(CCCN=C(N)N)C(=O)O. The summed E-state index contributed by atoms with van der Waals surface area (Å²) in [5.41, 5.74) is 16.6. The first-order valence-corrected chi connectivity index (χ1v) is 22.7. The van der Waals surface area contributed by atoms with Gasteiger partial charge in [0.1, 0.15) is 42.3 Å². The number of benzene rings is 1. The van der Waals surface area contributed by atoms with Crippen molar-refractivity contribution in [3.05, 3.63) is 35.9 Å². The molecule has 0 aliphatic rings. The number of aliphatic hydroxyl groups excluding tert-OH is 1. The molecule has 0 radical (unpaired) electrons. The molecule has 8 unspecified atom stereocenters. The highest BCUT2D eigenvalue weighted by Crippen LogP contribution is 2.09. The van der Waals surface area contributed by atoms with Crippen LogP contribution in [0, 0.1) is 0 Å². The zero-order chi connectivity index (χ0) is 56.1. The van der Waals surface area contributed by atoms with Crippen LogP contribution in [0.15, 0.2) is 35.3 Å². The molecule has 31 nitrogen and oxygen atoms in total. The number of amides is 8. The quantitative estimate of drug-likeness (QED) is 0.0169. The van der Waals surface area contributed by atoms with Gasteiger partial charge in [0, 0.05) is 38.6 Å².